The zero-order valence-electron chi connectivity index (χ0n) is 21.9. The molecule has 3 aromatic carbocycles. The van der Waals surface area contributed by atoms with E-state index in [1.165, 1.54) is 14.2 Å². The van der Waals surface area contributed by atoms with Crippen molar-refractivity contribution in [2.24, 2.45) is 5.92 Å². The van der Waals surface area contributed by atoms with Gasteiger partial charge in [0.05, 0.1) is 25.8 Å². The minimum Gasteiger partial charge on any atom is -0.496 e. The predicted octanol–water partition coefficient (Wildman–Crippen LogP) is 5.68. The number of benzene rings is 3. The van der Waals surface area contributed by atoms with Crippen LogP contribution in [-0.2, 0) is 0 Å². The van der Waals surface area contributed by atoms with Gasteiger partial charge in [0.25, 0.3) is 11.8 Å². The van der Waals surface area contributed by atoms with Crippen molar-refractivity contribution in [2.45, 2.75) is 32.7 Å². The molecular weight excluding hydrogens is 466 g/mol. The van der Waals surface area contributed by atoms with Crippen LogP contribution in [0.1, 0.15) is 59.0 Å². The van der Waals surface area contributed by atoms with E-state index in [2.05, 4.69) is 22.5 Å². The van der Waals surface area contributed by atoms with Gasteiger partial charge in [0.15, 0.2) is 0 Å². The summed E-state index contributed by atoms with van der Waals surface area (Å²) in [6.45, 7) is 6.01. The molecule has 2 N–H and O–H groups in total. The first-order valence-corrected chi connectivity index (χ1v) is 12.7. The molecule has 4 rings (SSSR count). The molecule has 7 heteroatoms. The van der Waals surface area contributed by atoms with Crippen LogP contribution in [0.3, 0.4) is 0 Å². The average Bonchev–Trinajstić information content (AvgIpc) is 2.93. The van der Waals surface area contributed by atoms with Crippen LogP contribution in [0.2, 0.25) is 0 Å². The van der Waals surface area contributed by atoms with Crippen LogP contribution in [-0.4, -0.2) is 39.1 Å². The molecule has 1 saturated heterocycles. The molecular formula is C30H35N3O4. The maximum Gasteiger partial charge on any atom is 0.263 e. The summed E-state index contributed by atoms with van der Waals surface area (Å²) in [5.41, 5.74) is 3.24. The maximum atomic E-state index is 13.6. The summed E-state index contributed by atoms with van der Waals surface area (Å²) < 4.78 is 10.8. The fourth-order valence-corrected chi connectivity index (χ4v) is 4.69. The fraction of sp³-hybridized carbons (Fsp3) is 0.333. The number of amides is 2. The topological polar surface area (TPSA) is 79.9 Å². The van der Waals surface area contributed by atoms with Gasteiger partial charge in [-0.2, -0.15) is 0 Å². The Labute approximate surface area is 218 Å². The van der Waals surface area contributed by atoms with Gasteiger partial charge in [0, 0.05) is 24.5 Å². The van der Waals surface area contributed by atoms with Crippen LogP contribution in [0.25, 0.3) is 0 Å². The Hall–Kier alpha value is -4.00. The molecule has 7 nitrogen and oxygen atoms in total. The minimum atomic E-state index is -0.377. The highest BCUT2D eigenvalue weighted by atomic mass is 16.5. The second-order valence-corrected chi connectivity index (χ2v) is 9.50. The highest BCUT2D eigenvalue weighted by molar-refractivity contribution is 6.09. The van der Waals surface area contributed by atoms with E-state index >= 15 is 0 Å². The summed E-state index contributed by atoms with van der Waals surface area (Å²) >= 11 is 0. The Kier molecular flexibility index (Phi) is 8.33. The number of carbonyl (C=O) groups is 2. The van der Waals surface area contributed by atoms with E-state index in [-0.39, 0.29) is 17.9 Å². The lowest BCUT2D eigenvalue weighted by Crippen LogP contribution is -2.35. The number of carbonyl (C=O) groups excluding carboxylic acids is 2. The predicted molar refractivity (Wildman–Crippen MR) is 147 cm³/mol. The molecule has 1 heterocycles. The second kappa shape index (κ2) is 11.8. The van der Waals surface area contributed by atoms with Gasteiger partial charge in [-0.3, -0.25) is 9.59 Å². The molecule has 0 saturated carbocycles. The van der Waals surface area contributed by atoms with Crippen molar-refractivity contribution < 1.29 is 19.1 Å². The van der Waals surface area contributed by atoms with Crippen molar-refractivity contribution in [1.82, 2.24) is 5.32 Å². The van der Waals surface area contributed by atoms with Gasteiger partial charge < -0.3 is 25.0 Å². The smallest absolute Gasteiger partial charge is 0.263 e. The highest BCUT2D eigenvalue weighted by Crippen LogP contribution is 2.32. The minimum absolute atomic E-state index is 0.168. The first kappa shape index (κ1) is 26.1. The number of rotatable bonds is 8. The molecule has 0 aliphatic carbocycles. The number of hydrogen-bond donors (Lipinski definition) is 2. The van der Waals surface area contributed by atoms with E-state index in [1.807, 2.05) is 49.4 Å². The van der Waals surface area contributed by atoms with Gasteiger partial charge >= 0.3 is 0 Å². The van der Waals surface area contributed by atoms with Crippen LogP contribution in [0.4, 0.5) is 11.4 Å². The van der Waals surface area contributed by atoms with Gasteiger partial charge in [-0.1, -0.05) is 43.3 Å². The Bertz CT molecular complexity index is 1210. The van der Waals surface area contributed by atoms with Crippen molar-refractivity contribution in [1.29, 1.82) is 0 Å². The number of hydrogen-bond acceptors (Lipinski definition) is 5. The lowest BCUT2D eigenvalue weighted by atomic mass is 9.97. The standard InChI is InChI=1S/C30H35N3O4/c1-20-15-17-33(18-16-20)25-14-13-23(32-30(35)28-26(36-3)11-8-12-27(28)37-4)19-24(25)29(34)31-21(2)22-9-6-5-7-10-22/h5-14,19-21H,15-18H2,1-4H3,(H,31,34)(H,32,35)/t21-/m1/s1. The zero-order chi connectivity index (χ0) is 26.4. The number of nitrogens with zero attached hydrogens (tertiary/aromatic N) is 1. The van der Waals surface area contributed by atoms with E-state index in [4.69, 9.17) is 9.47 Å². The molecule has 0 aromatic heterocycles. The number of methoxy groups -OCH3 is 2. The quantitative estimate of drug-likeness (QED) is 0.415. The Morgan fingerprint density at radius 1 is 0.892 bits per heavy atom. The summed E-state index contributed by atoms with van der Waals surface area (Å²) in [7, 11) is 3.02. The van der Waals surface area contributed by atoms with Crippen LogP contribution < -0.4 is 25.0 Å². The number of anilines is 2. The number of piperidine rings is 1. The molecule has 0 radical (unpaired) electrons. The third-order valence-corrected chi connectivity index (χ3v) is 6.93. The van der Waals surface area contributed by atoms with Gasteiger partial charge in [-0.25, -0.2) is 0 Å². The van der Waals surface area contributed by atoms with Crippen molar-refractivity contribution in [3.8, 4) is 11.5 Å². The van der Waals surface area contributed by atoms with Crippen molar-refractivity contribution in [3.63, 3.8) is 0 Å². The first-order chi connectivity index (χ1) is 17.9. The summed E-state index contributed by atoms with van der Waals surface area (Å²) in [6.07, 6.45) is 2.15. The van der Waals surface area contributed by atoms with Crippen LogP contribution in [0.5, 0.6) is 11.5 Å². The third kappa shape index (κ3) is 6.05. The SMILES string of the molecule is COc1cccc(OC)c1C(=O)Nc1ccc(N2CCC(C)CC2)c(C(=O)N[C@H](C)c2ccccc2)c1. The number of nitrogens with one attached hydrogen (secondary N) is 2. The van der Waals surface area contributed by atoms with Gasteiger partial charge in [0.2, 0.25) is 0 Å². The summed E-state index contributed by atoms with van der Waals surface area (Å²) in [6, 6.07) is 20.4. The molecule has 1 fully saturated rings. The molecule has 1 atom stereocenters. The highest BCUT2D eigenvalue weighted by Gasteiger charge is 2.24. The van der Waals surface area contributed by atoms with E-state index in [9.17, 15) is 9.59 Å². The maximum absolute atomic E-state index is 13.6. The monoisotopic (exact) mass is 501 g/mol. The van der Waals surface area contributed by atoms with E-state index in [1.54, 1.807) is 24.3 Å². The third-order valence-electron chi connectivity index (χ3n) is 6.93. The average molecular weight is 502 g/mol. The van der Waals surface area contributed by atoms with Gasteiger partial charge in [0.1, 0.15) is 17.1 Å². The van der Waals surface area contributed by atoms with Crippen molar-refractivity contribution in [3.05, 3.63) is 83.4 Å². The second-order valence-electron chi connectivity index (χ2n) is 9.50. The molecule has 1 aliphatic heterocycles. The lowest BCUT2D eigenvalue weighted by Gasteiger charge is -2.33. The van der Waals surface area contributed by atoms with Crippen molar-refractivity contribution in [2.75, 3.05) is 37.5 Å². The molecule has 2 amide bonds. The Balaban J connectivity index is 1.64. The zero-order valence-corrected chi connectivity index (χ0v) is 21.9. The van der Waals surface area contributed by atoms with Crippen LogP contribution in [0, 0.1) is 5.92 Å². The summed E-state index contributed by atoms with van der Waals surface area (Å²) in [5, 5.41) is 6.06. The van der Waals surface area contributed by atoms with Gasteiger partial charge in [-0.05, 0) is 61.6 Å². The van der Waals surface area contributed by atoms with E-state index in [0.717, 1.165) is 37.2 Å². The van der Waals surface area contributed by atoms with Gasteiger partial charge in [-0.15, -0.1) is 0 Å². The Morgan fingerprint density at radius 3 is 2.16 bits per heavy atom. The first-order valence-electron chi connectivity index (χ1n) is 12.7. The fourth-order valence-electron chi connectivity index (χ4n) is 4.69. The largest absolute Gasteiger partial charge is 0.496 e. The van der Waals surface area contributed by atoms with E-state index in [0.29, 0.717) is 34.2 Å². The molecule has 3 aromatic rings. The molecule has 194 valence electrons. The number of ether oxygens (including phenoxy) is 2. The van der Waals surface area contributed by atoms with Crippen molar-refractivity contribution >= 4 is 23.2 Å². The van der Waals surface area contributed by atoms with Crippen LogP contribution in [0.15, 0.2) is 66.7 Å². The normalized spacial score (nSPS) is 14.5. The molecule has 0 unspecified atom stereocenters. The lowest BCUT2D eigenvalue weighted by molar-refractivity contribution is 0.0939. The Morgan fingerprint density at radius 2 is 1.54 bits per heavy atom. The molecule has 0 bridgehead atoms. The summed E-state index contributed by atoms with van der Waals surface area (Å²) in [4.78, 5) is 29.1. The molecule has 1 aliphatic rings. The summed E-state index contributed by atoms with van der Waals surface area (Å²) in [5.74, 6) is 0.922. The molecule has 37 heavy (non-hydrogen) atoms. The molecule has 0 spiro atoms. The van der Waals surface area contributed by atoms with Crippen LogP contribution >= 0.6 is 0 Å². The van der Waals surface area contributed by atoms with E-state index < -0.39 is 0 Å².